The Balaban J connectivity index is 1.47. The van der Waals surface area contributed by atoms with Gasteiger partial charge >= 0.3 is 5.97 Å². The number of thioether (sulfide) groups is 1. The highest BCUT2D eigenvalue weighted by atomic mass is 35.5. The summed E-state index contributed by atoms with van der Waals surface area (Å²) in [6.45, 7) is 0. The number of carboxylic acids is 1. The zero-order valence-electron chi connectivity index (χ0n) is 17.0. The molecule has 0 aliphatic carbocycles. The minimum Gasteiger partial charge on any atom is -0.477 e. The van der Waals surface area contributed by atoms with E-state index in [1.54, 1.807) is 6.08 Å². The summed E-state index contributed by atoms with van der Waals surface area (Å²) in [6, 6.07) is 16.2. The van der Waals surface area contributed by atoms with Crippen molar-refractivity contribution in [3.63, 3.8) is 0 Å². The van der Waals surface area contributed by atoms with Gasteiger partial charge in [0.1, 0.15) is 17.1 Å². The molecule has 2 aliphatic rings. The fourth-order valence-corrected chi connectivity index (χ4v) is 5.19. The Morgan fingerprint density at radius 1 is 1.09 bits per heavy atom. The van der Waals surface area contributed by atoms with E-state index in [0.717, 1.165) is 16.7 Å². The molecule has 2 amide bonds. The van der Waals surface area contributed by atoms with Crippen LogP contribution in [0, 0.1) is 0 Å². The van der Waals surface area contributed by atoms with Crippen LogP contribution in [0.2, 0.25) is 0 Å². The molecule has 2 aromatic carbocycles. The lowest BCUT2D eigenvalue weighted by atomic mass is 10.0. The first kappa shape index (κ1) is 22.2. The first-order valence-corrected chi connectivity index (χ1v) is 11.6. The second-order valence-electron chi connectivity index (χ2n) is 7.50. The largest absolute Gasteiger partial charge is 0.477 e. The highest BCUT2D eigenvalue weighted by molar-refractivity contribution is 8.00. The second kappa shape index (κ2) is 9.63. The number of carbonyl (C=O) groups excluding carboxylic acids is 2. The SMILES string of the molecule is O=C(Cc1ccccc1)N[C@@H]1C(=O)N2C(C(=O)O)=C(/C=C/c3ccc(CCl)cc3)CS[C@H]12. The standard InChI is InChI=1S/C24H21ClN2O4S/c25-13-17-8-6-15(7-9-17)10-11-18-14-32-23-20(22(29)27(23)21(18)24(30)31)26-19(28)12-16-4-2-1-3-5-16/h1-11,20,23H,12-14H2,(H,26,28)(H,30,31)/b11-10+/t20-,23-/m1/s1. The third-order valence-corrected chi connectivity index (χ3v) is 6.95. The highest BCUT2D eigenvalue weighted by Crippen LogP contribution is 2.40. The Morgan fingerprint density at radius 2 is 1.81 bits per heavy atom. The Labute approximate surface area is 194 Å². The van der Waals surface area contributed by atoms with Crippen molar-refractivity contribution in [3.05, 3.63) is 88.6 Å². The van der Waals surface area contributed by atoms with E-state index in [4.69, 9.17) is 11.6 Å². The Kier molecular flexibility index (Phi) is 6.67. The van der Waals surface area contributed by atoms with Gasteiger partial charge in [0.05, 0.1) is 6.42 Å². The summed E-state index contributed by atoms with van der Waals surface area (Å²) >= 11 is 7.25. The minimum absolute atomic E-state index is 0.0269. The number of β-lactam (4-membered cyclic amide) rings is 1. The lowest BCUT2D eigenvalue weighted by molar-refractivity contribution is -0.150. The molecule has 2 aromatic rings. The van der Waals surface area contributed by atoms with Crippen LogP contribution in [0.3, 0.4) is 0 Å². The van der Waals surface area contributed by atoms with Crippen molar-refractivity contribution in [2.75, 3.05) is 5.75 Å². The van der Waals surface area contributed by atoms with Crippen LogP contribution in [0.25, 0.3) is 6.08 Å². The first-order chi connectivity index (χ1) is 15.5. The van der Waals surface area contributed by atoms with Gasteiger partial charge in [0, 0.05) is 11.6 Å². The fraction of sp³-hybridized carbons (Fsp3) is 0.208. The van der Waals surface area contributed by atoms with E-state index >= 15 is 0 Å². The zero-order valence-corrected chi connectivity index (χ0v) is 18.6. The molecule has 6 nitrogen and oxygen atoms in total. The number of hydrogen-bond donors (Lipinski definition) is 2. The molecule has 0 bridgehead atoms. The number of nitrogens with one attached hydrogen (secondary N) is 1. The molecule has 164 valence electrons. The maximum absolute atomic E-state index is 12.8. The second-order valence-corrected chi connectivity index (χ2v) is 8.88. The molecule has 0 aromatic heterocycles. The molecular weight excluding hydrogens is 448 g/mol. The first-order valence-electron chi connectivity index (χ1n) is 10.1. The summed E-state index contributed by atoms with van der Waals surface area (Å²) in [5, 5.41) is 12.1. The van der Waals surface area contributed by atoms with Crippen molar-refractivity contribution in [3.8, 4) is 0 Å². The number of carboxylic acid groups (broad SMARTS) is 1. The Bertz CT molecular complexity index is 1100. The summed E-state index contributed by atoms with van der Waals surface area (Å²) in [7, 11) is 0. The smallest absolute Gasteiger partial charge is 0.352 e. The van der Waals surface area contributed by atoms with Crippen LogP contribution in [-0.4, -0.2) is 45.0 Å². The van der Waals surface area contributed by atoms with Gasteiger partial charge in [-0.3, -0.25) is 14.5 Å². The summed E-state index contributed by atoms with van der Waals surface area (Å²) in [6.07, 6.45) is 3.72. The number of aliphatic carboxylic acids is 1. The topological polar surface area (TPSA) is 86.7 Å². The lowest BCUT2D eigenvalue weighted by Crippen LogP contribution is -2.70. The number of alkyl halides is 1. The zero-order chi connectivity index (χ0) is 22.7. The Hall–Kier alpha value is -3.03. The van der Waals surface area contributed by atoms with Crippen LogP contribution in [0.1, 0.15) is 16.7 Å². The number of allylic oxidation sites excluding steroid dienone is 1. The van der Waals surface area contributed by atoms with Crippen LogP contribution >= 0.6 is 23.4 Å². The third-order valence-electron chi connectivity index (χ3n) is 5.34. The molecular formula is C24H21ClN2O4S. The number of hydrogen-bond acceptors (Lipinski definition) is 4. The fourth-order valence-electron chi connectivity index (χ4n) is 3.69. The van der Waals surface area contributed by atoms with Crippen molar-refractivity contribution < 1.29 is 19.5 Å². The molecule has 0 radical (unpaired) electrons. The predicted molar refractivity (Wildman–Crippen MR) is 125 cm³/mol. The van der Waals surface area contributed by atoms with Gasteiger partial charge < -0.3 is 10.4 Å². The van der Waals surface area contributed by atoms with Crippen molar-refractivity contribution in [2.45, 2.75) is 23.7 Å². The van der Waals surface area contributed by atoms with Crippen molar-refractivity contribution in [1.82, 2.24) is 10.2 Å². The van der Waals surface area contributed by atoms with Crippen LogP contribution in [0.15, 0.2) is 71.9 Å². The van der Waals surface area contributed by atoms with Crippen LogP contribution in [-0.2, 0) is 26.7 Å². The Morgan fingerprint density at radius 3 is 2.47 bits per heavy atom. The maximum atomic E-state index is 12.8. The number of rotatable bonds is 7. The predicted octanol–water partition coefficient (Wildman–Crippen LogP) is 3.42. The highest BCUT2D eigenvalue weighted by Gasteiger charge is 2.53. The molecule has 4 rings (SSSR count). The maximum Gasteiger partial charge on any atom is 0.352 e. The average molecular weight is 469 g/mol. The molecule has 2 atom stereocenters. The molecule has 8 heteroatoms. The van der Waals surface area contributed by atoms with E-state index in [1.807, 2.05) is 60.7 Å². The van der Waals surface area contributed by atoms with Crippen molar-refractivity contribution in [2.24, 2.45) is 0 Å². The average Bonchev–Trinajstić information content (AvgIpc) is 2.81. The lowest BCUT2D eigenvalue weighted by Gasteiger charge is -2.49. The summed E-state index contributed by atoms with van der Waals surface area (Å²) in [4.78, 5) is 38.4. The van der Waals surface area contributed by atoms with E-state index in [0.29, 0.717) is 17.2 Å². The number of fused-ring (bicyclic) bond motifs is 1. The molecule has 0 unspecified atom stereocenters. The van der Waals surface area contributed by atoms with E-state index in [-0.39, 0.29) is 18.0 Å². The molecule has 1 fully saturated rings. The van der Waals surface area contributed by atoms with Gasteiger partial charge in [-0.2, -0.15) is 0 Å². The van der Waals surface area contributed by atoms with Crippen molar-refractivity contribution in [1.29, 1.82) is 0 Å². The monoisotopic (exact) mass is 468 g/mol. The van der Waals surface area contributed by atoms with Crippen molar-refractivity contribution >= 4 is 47.2 Å². The number of nitrogens with zero attached hydrogens (tertiary/aromatic N) is 1. The van der Waals surface area contributed by atoms with Gasteiger partial charge in [0.2, 0.25) is 5.91 Å². The van der Waals surface area contributed by atoms with Gasteiger partial charge in [-0.1, -0.05) is 66.7 Å². The van der Waals surface area contributed by atoms with Crippen LogP contribution in [0.5, 0.6) is 0 Å². The third kappa shape index (κ3) is 4.59. The number of benzene rings is 2. The normalized spacial score (nSPS) is 20.2. The molecule has 2 N–H and O–H groups in total. The van der Waals surface area contributed by atoms with E-state index in [9.17, 15) is 19.5 Å². The van der Waals surface area contributed by atoms with Gasteiger partial charge in [0.15, 0.2) is 0 Å². The van der Waals surface area contributed by atoms with Gasteiger partial charge in [-0.05, 0) is 22.3 Å². The summed E-state index contributed by atoms with van der Waals surface area (Å²) in [5.74, 6) is -0.969. The van der Waals surface area contributed by atoms with E-state index in [1.165, 1.54) is 16.7 Å². The molecule has 0 saturated carbocycles. The molecule has 32 heavy (non-hydrogen) atoms. The van der Waals surface area contributed by atoms with E-state index < -0.39 is 23.3 Å². The van der Waals surface area contributed by atoms with Crippen LogP contribution in [0.4, 0.5) is 0 Å². The van der Waals surface area contributed by atoms with E-state index in [2.05, 4.69) is 5.32 Å². The number of halogens is 1. The number of carbonyl (C=O) groups is 3. The summed E-state index contributed by atoms with van der Waals surface area (Å²) < 4.78 is 0. The minimum atomic E-state index is -1.16. The van der Waals surface area contributed by atoms with Gasteiger partial charge in [0.25, 0.3) is 5.91 Å². The molecule has 0 spiro atoms. The summed E-state index contributed by atoms with van der Waals surface area (Å²) in [5.41, 5.74) is 3.28. The quantitative estimate of drug-likeness (QED) is 0.480. The van der Waals surface area contributed by atoms with Gasteiger partial charge in [-0.25, -0.2) is 4.79 Å². The molecule has 2 heterocycles. The van der Waals surface area contributed by atoms with Crippen LogP contribution < -0.4 is 5.32 Å². The molecule has 2 aliphatic heterocycles. The molecule has 1 saturated heterocycles. The van der Waals surface area contributed by atoms with Gasteiger partial charge in [-0.15, -0.1) is 23.4 Å². The number of amides is 2.